The van der Waals surface area contributed by atoms with Crippen LogP contribution in [-0.4, -0.2) is 35.9 Å². The van der Waals surface area contributed by atoms with Crippen molar-refractivity contribution in [3.05, 3.63) is 39.9 Å². The van der Waals surface area contributed by atoms with Gasteiger partial charge in [-0.05, 0) is 37.4 Å². The third kappa shape index (κ3) is 4.53. The molecule has 0 saturated carbocycles. The normalized spacial score (nSPS) is 15.7. The Morgan fingerprint density at radius 1 is 1.43 bits per heavy atom. The number of benzene rings is 1. The first-order valence-corrected chi connectivity index (χ1v) is 7.24. The molecule has 1 aliphatic rings. The fourth-order valence-electron chi connectivity index (χ4n) is 2.62. The second-order valence-corrected chi connectivity index (χ2v) is 5.57. The number of carbonyl (C=O) groups excluding carboxylic acids is 1. The number of hydrogen-bond donors (Lipinski definition) is 1. The maximum absolute atomic E-state index is 12.2. The molecular weight excluding hydrogens is 270 g/mol. The van der Waals surface area contributed by atoms with Gasteiger partial charge in [0.25, 0.3) is 5.69 Å². The van der Waals surface area contributed by atoms with Gasteiger partial charge in [0.1, 0.15) is 0 Å². The number of rotatable bonds is 5. The smallest absolute Gasteiger partial charge is 0.269 e. The zero-order valence-electron chi connectivity index (χ0n) is 12.2. The summed E-state index contributed by atoms with van der Waals surface area (Å²) in [5.74, 6) is 0.555. The van der Waals surface area contributed by atoms with Crippen LogP contribution in [0.5, 0.6) is 0 Å². The van der Waals surface area contributed by atoms with Gasteiger partial charge in [-0.3, -0.25) is 14.9 Å². The van der Waals surface area contributed by atoms with Crippen LogP contribution in [0.3, 0.4) is 0 Å². The third-order valence-electron chi connectivity index (χ3n) is 3.89. The molecular formula is C15H21N3O3. The van der Waals surface area contributed by atoms with Crippen LogP contribution >= 0.6 is 0 Å². The molecule has 2 rings (SSSR count). The zero-order chi connectivity index (χ0) is 15.2. The van der Waals surface area contributed by atoms with Crippen molar-refractivity contribution in [3.8, 4) is 0 Å². The van der Waals surface area contributed by atoms with E-state index in [2.05, 4.69) is 5.32 Å². The molecule has 6 nitrogen and oxygen atoms in total. The van der Waals surface area contributed by atoms with Gasteiger partial charge >= 0.3 is 0 Å². The van der Waals surface area contributed by atoms with Crippen LogP contribution in [0.25, 0.3) is 0 Å². The summed E-state index contributed by atoms with van der Waals surface area (Å²) >= 11 is 0. The van der Waals surface area contributed by atoms with Crippen molar-refractivity contribution in [3.63, 3.8) is 0 Å². The van der Waals surface area contributed by atoms with Gasteiger partial charge in [-0.1, -0.05) is 12.1 Å². The standard InChI is InChI=1S/C15H21N3O3/c1-17(15(19)10-12-5-7-16-8-6-12)11-13-3-2-4-14(9-13)18(20)21/h2-4,9,12,16H,5-8,10-11H2,1H3. The Morgan fingerprint density at radius 2 is 2.14 bits per heavy atom. The lowest BCUT2D eigenvalue weighted by Crippen LogP contribution is -2.33. The molecule has 0 atom stereocenters. The molecule has 1 aromatic carbocycles. The average molecular weight is 291 g/mol. The fraction of sp³-hybridized carbons (Fsp3) is 0.533. The monoisotopic (exact) mass is 291 g/mol. The number of nitro benzene ring substituents is 1. The number of nitrogens with one attached hydrogen (secondary N) is 1. The van der Waals surface area contributed by atoms with Crippen molar-refractivity contribution in [1.82, 2.24) is 10.2 Å². The molecule has 114 valence electrons. The number of nitro groups is 1. The minimum absolute atomic E-state index is 0.0618. The van der Waals surface area contributed by atoms with Gasteiger partial charge in [0, 0.05) is 32.1 Å². The van der Waals surface area contributed by atoms with Crippen LogP contribution < -0.4 is 5.32 Å². The van der Waals surface area contributed by atoms with E-state index < -0.39 is 4.92 Å². The van der Waals surface area contributed by atoms with Crippen molar-refractivity contribution in [2.24, 2.45) is 5.92 Å². The second kappa shape index (κ2) is 7.17. The highest BCUT2D eigenvalue weighted by atomic mass is 16.6. The first-order valence-electron chi connectivity index (χ1n) is 7.24. The number of piperidine rings is 1. The van der Waals surface area contributed by atoms with E-state index in [4.69, 9.17) is 0 Å². The molecule has 0 bridgehead atoms. The van der Waals surface area contributed by atoms with Gasteiger partial charge in [0.05, 0.1) is 4.92 Å². The lowest BCUT2D eigenvalue weighted by atomic mass is 9.94. The van der Waals surface area contributed by atoms with E-state index in [1.54, 1.807) is 24.1 Å². The van der Waals surface area contributed by atoms with Gasteiger partial charge in [0.2, 0.25) is 5.91 Å². The summed E-state index contributed by atoms with van der Waals surface area (Å²) in [5, 5.41) is 14.0. The van der Waals surface area contributed by atoms with Crippen molar-refractivity contribution in [1.29, 1.82) is 0 Å². The Morgan fingerprint density at radius 3 is 2.81 bits per heavy atom. The highest BCUT2D eigenvalue weighted by molar-refractivity contribution is 5.76. The molecule has 6 heteroatoms. The van der Waals surface area contributed by atoms with Crippen LogP contribution in [-0.2, 0) is 11.3 Å². The first kappa shape index (κ1) is 15.4. The van der Waals surface area contributed by atoms with Gasteiger partial charge < -0.3 is 10.2 Å². The molecule has 0 radical (unpaired) electrons. The van der Waals surface area contributed by atoms with Crippen LogP contribution in [0.2, 0.25) is 0 Å². The lowest BCUT2D eigenvalue weighted by Gasteiger charge is -2.25. The molecule has 1 heterocycles. The Labute approximate surface area is 124 Å². The van der Waals surface area contributed by atoms with Crippen molar-refractivity contribution < 1.29 is 9.72 Å². The Bertz CT molecular complexity index is 513. The average Bonchev–Trinajstić information content (AvgIpc) is 2.48. The largest absolute Gasteiger partial charge is 0.341 e. The first-order chi connectivity index (χ1) is 10.1. The Balaban J connectivity index is 1.90. The van der Waals surface area contributed by atoms with Crippen molar-refractivity contribution in [2.75, 3.05) is 20.1 Å². The van der Waals surface area contributed by atoms with E-state index in [-0.39, 0.29) is 11.6 Å². The molecule has 1 saturated heterocycles. The maximum Gasteiger partial charge on any atom is 0.269 e. The second-order valence-electron chi connectivity index (χ2n) is 5.57. The van der Waals surface area contributed by atoms with E-state index in [9.17, 15) is 14.9 Å². The Hall–Kier alpha value is -1.95. The highest BCUT2D eigenvalue weighted by Gasteiger charge is 2.19. The number of carbonyl (C=O) groups is 1. The van der Waals surface area contributed by atoms with Crippen LogP contribution in [0.1, 0.15) is 24.8 Å². The minimum Gasteiger partial charge on any atom is -0.341 e. The summed E-state index contributed by atoms with van der Waals surface area (Å²) in [6, 6.07) is 6.44. The molecule has 0 aromatic heterocycles. The van der Waals surface area contributed by atoms with E-state index in [1.807, 2.05) is 0 Å². The predicted octanol–water partition coefficient (Wildman–Crippen LogP) is 1.94. The molecule has 1 aliphatic heterocycles. The third-order valence-corrected chi connectivity index (χ3v) is 3.89. The number of nitrogens with zero attached hydrogens (tertiary/aromatic N) is 2. The Kier molecular flexibility index (Phi) is 5.27. The van der Waals surface area contributed by atoms with Crippen molar-refractivity contribution in [2.45, 2.75) is 25.8 Å². The summed E-state index contributed by atoms with van der Waals surface area (Å²) in [4.78, 5) is 24.2. The molecule has 0 spiro atoms. The van der Waals surface area contributed by atoms with Gasteiger partial charge in [0.15, 0.2) is 0 Å². The summed E-state index contributed by atoms with van der Waals surface area (Å²) in [6.45, 7) is 2.37. The topological polar surface area (TPSA) is 75.5 Å². The quantitative estimate of drug-likeness (QED) is 0.664. The van der Waals surface area contributed by atoms with Crippen LogP contribution in [0.4, 0.5) is 5.69 Å². The van der Waals surface area contributed by atoms with E-state index in [1.165, 1.54) is 12.1 Å². The molecule has 1 aromatic rings. The van der Waals surface area contributed by atoms with Crippen LogP contribution in [0.15, 0.2) is 24.3 Å². The number of hydrogen-bond acceptors (Lipinski definition) is 4. The molecule has 0 aliphatic carbocycles. The molecule has 1 N–H and O–H groups in total. The van der Waals surface area contributed by atoms with Crippen LogP contribution in [0, 0.1) is 16.0 Å². The van der Waals surface area contributed by atoms with Crippen molar-refractivity contribution >= 4 is 11.6 Å². The predicted molar refractivity (Wildman–Crippen MR) is 79.8 cm³/mol. The number of amides is 1. The SMILES string of the molecule is CN(Cc1cccc([N+](=O)[O-])c1)C(=O)CC1CCNCC1. The van der Waals surface area contributed by atoms with E-state index in [0.717, 1.165) is 31.5 Å². The molecule has 0 unspecified atom stereocenters. The van der Waals surface area contributed by atoms with E-state index in [0.29, 0.717) is 18.9 Å². The maximum atomic E-state index is 12.2. The minimum atomic E-state index is -0.416. The summed E-state index contributed by atoms with van der Waals surface area (Å²) < 4.78 is 0. The summed E-state index contributed by atoms with van der Waals surface area (Å²) in [6.07, 6.45) is 2.64. The molecule has 1 fully saturated rings. The molecule has 21 heavy (non-hydrogen) atoms. The lowest BCUT2D eigenvalue weighted by molar-refractivity contribution is -0.384. The van der Waals surface area contributed by atoms with E-state index >= 15 is 0 Å². The van der Waals surface area contributed by atoms with Gasteiger partial charge in [-0.15, -0.1) is 0 Å². The fourth-order valence-corrected chi connectivity index (χ4v) is 2.62. The van der Waals surface area contributed by atoms with Gasteiger partial charge in [-0.2, -0.15) is 0 Å². The zero-order valence-corrected chi connectivity index (χ0v) is 12.2. The number of non-ortho nitro benzene ring substituents is 1. The summed E-state index contributed by atoms with van der Waals surface area (Å²) in [7, 11) is 1.75. The molecule has 1 amide bonds. The highest BCUT2D eigenvalue weighted by Crippen LogP contribution is 2.18. The van der Waals surface area contributed by atoms with Gasteiger partial charge in [-0.25, -0.2) is 0 Å². The summed E-state index contributed by atoms with van der Waals surface area (Å²) in [5.41, 5.74) is 0.845.